The van der Waals surface area contributed by atoms with Crippen LogP contribution in [-0.2, 0) is 0 Å². The van der Waals surface area contributed by atoms with Crippen LogP contribution < -0.4 is 0 Å². The van der Waals surface area contributed by atoms with Crippen molar-refractivity contribution in [3.8, 4) is 0 Å². The molecule has 0 N–H and O–H groups in total. The summed E-state index contributed by atoms with van der Waals surface area (Å²) < 4.78 is 7.57. The van der Waals surface area contributed by atoms with Gasteiger partial charge in [-0.25, -0.2) is 0 Å². The zero-order valence-electron chi connectivity index (χ0n) is 11.6. The van der Waals surface area contributed by atoms with E-state index in [0.717, 1.165) is 19.6 Å². The first-order valence-electron chi connectivity index (χ1n) is 6.85. The second-order valence-electron chi connectivity index (χ2n) is 4.38. The predicted molar refractivity (Wildman–Crippen MR) is 75.4 cm³/mol. The zero-order chi connectivity index (χ0) is 12.1. The van der Waals surface area contributed by atoms with Crippen molar-refractivity contribution in [1.82, 2.24) is 14.2 Å². The van der Waals surface area contributed by atoms with Gasteiger partial charge >= 0.3 is 0 Å². The lowest BCUT2D eigenvalue weighted by molar-refractivity contribution is 0.466. The van der Waals surface area contributed by atoms with Gasteiger partial charge in [0.25, 0.3) is 21.5 Å². The Kier molecular flexibility index (Phi) is 5.94. The Bertz CT molecular complexity index is 188. The van der Waals surface area contributed by atoms with Crippen LogP contribution in [0.5, 0.6) is 0 Å². The molecule has 89 valence electrons. The summed E-state index contributed by atoms with van der Waals surface area (Å²) in [5, 5.41) is 0. The maximum atomic E-state index is 2.63. The van der Waals surface area contributed by atoms with Crippen LogP contribution in [0.4, 0.5) is 0 Å². The summed E-state index contributed by atoms with van der Waals surface area (Å²) in [5.74, 6) is 0. The van der Waals surface area contributed by atoms with E-state index in [9.17, 15) is 0 Å². The summed E-state index contributed by atoms with van der Waals surface area (Å²) in [6, 6.07) is 0. The average Bonchev–Trinajstić information content (AvgIpc) is 2.35. The van der Waals surface area contributed by atoms with Crippen molar-refractivity contribution in [2.24, 2.45) is 0 Å². The molecule has 0 atom stereocenters. The van der Waals surface area contributed by atoms with Crippen molar-refractivity contribution in [3.05, 3.63) is 0 Å². The average molecular weight is 220 g/mol. The van der Waals surface area contributed by atoms with E-state index in [4.69, 9.17) is 0 Å². The maximum absolute atomic E-state index is 2.63. The van der Waals surface area contributed by atoms with Gasteiger partial charge in [-0.1, -0.05) is 34.6 Å². The van der Waals surface area contributed by atoms with Crippen LogP contribution >= 0.6 is 0 Å². The summed E-state index contributed by atoms with van der Waals surface area (Å²) >= 11 is 0. The normalized spacial score (nSPS) is 20.3. The van der Waals surface area contributed by atoms with Crippen LogP contribution in [0, 0.1) is 0 Å². The first-order valence-corrected chi connectivity index (χ1v) is 6.85. The van der Waals surface area contributed by atoms with Gasteiger partial charge in [0.2, 0.25) is 0 Å². The van der Waals surface area contributed by atoms with E-state index in [1.165, 1.54) is 12.6 Å². The van der Waals surface area contributed by atoms with E-state index >= 15 is 0 Å². The molecule has 0 saturated carbocycles. The Balaban J connectivity index is 2.85. The van der Waals surface area contributed by atoms with E-state index < -0.39 is 0 Å². The largest absolute Gasteiger partial charge is 0.361 e. The maximum Gasteiger partial charge on any atom is 0.290 e. The molecule has 0 bridgehead atoms. The first-order chi connectivity index (χ1) is 7.73. The monoisotopic (exact) mass is 220 g/mol. The minimum Gasteiger partial charge on any atom is -0.361 e. The van der Waals surface area contributed by atoms with Crippen molar-refractivity contribution >= 4 is 21.5 Å². The minimum atomic E-state index is 0.586. The van der Waals surface area contributed by atoms with Crippen LogP contribution in [-0.4, -0.2) is 55.3 Å². The van der Waals surface area contributed by atoms with E-state index in [1.807, 2.05) is 0 Å². The fourth-order valence-electron chi connectivity index (χ4n) is 2.87. The number of hydrogen-bond donors (Lipinski definition) is 0. The van der Waals surface area contributed by atoms with Crippen LogP contribution in [0.3, 0.4) is 0 Å². The molecule has 16 heavy (non-hydrogen) atoms. The molecular formula is C10H25B3N3. The van der Waals surface area contributed by atoms with Gasteiger partial charge in [0.15, 0.2) is 0 Å². The summed E-state index contributed by atoms with van der Waals surface area (Å²) in [6.45, 7) is 15.8. The van der Waals surface area contributed by atoms with Gasteiger partial charge in [-0.2, -0.15) is 0 Å². The highest BCUT2D eigenvalue weighted by Crippen LogP contribution is 2.18. The summed E-state index contributed by atoms with van der Waals surface area (Å²) in [4.78, 5) is 0. The molecule has 1 rings (SSSR count). The third-order valence-electron chi connectivity index (χ3n) is 3.65. The van der Waals surface area contributed by atoms with Gasteiger partial charge in [0.1, 0.15) is 0 Å². The number of hydrogen-bond acceptors (Lipinski definition) is 3. The number of rotatable bonds is 5. The Morgan fingerprint density at radius 1 is 0.750 bits per heavy atom. The number of nitrogens with zero attached hydrogens (tertiary/aromatic N) is 3. The lowest BCUT2D eigenvalue weighted by atomic mass is 9.47. The quantitative estimate of drug-likeness (QED) is 0.650. The fourth-order valence-corrected chi connectivity index (χ4v) is 2.87. The standard InChI is InChI=1S/C10H25B3N3/c1-6-12-14(8-3)11-15(9-4)13(7-2)16(12)10-5/h6-10H2,1-5H3. The molecule has 1 saturated heterocycles. The molecule has 0 amide bonds. The van der Waals surface area contributed by atoms with Crippen LogP contribution in [0.15, 0.2) is 0 Å². The second-order valence-corrected chi connectivity index (χ2v) is 4.38. The highest BCUT2D eigenvalue weighted by Gasteiger charge is 2.42. The van der Waals surface area contributed by atoms with Gasteiger partial charge in [-0.15, -0.1) is 0 Å². The van der Waals surface area contributed by atoms with E-state index in [-0.39, 0.29) is 0 Å². The van der Waals surface area contributed by atoms with E-state index in [2.05, 4.69) is 56.3 Å². The molecule has 1 aliphatic heterocycles. The highest BCUT2D eigenvalue weighted by atomic mass is 15.3. The smallest absolute Gasteiger partial charge is 0.290 e. The topological polar surface area (TPSA) is 9.72 Å². The predicted octanol–water partition coefficient (Wildman–Crippen LogP) is 1.52. The molecule has 0 aromatic carbocycles. The first kappa shape index (κ1) is 14.1. The van der Waals surface area contributed by atoms with E-state index in [0.29, 0.717) is 14.0 Å². The molecule has 1 radical (unpaired) electrons. The SMILES string of the molecule is CCB1N(CC)[B]N(CC)B(CC)N1CC. The van der Waals surface area contributed by atoms with Crippen molar-refractivity contribution in [2.75, 3.05) is 19.6 Å². The third-order valence-corrected chi connectivity index (χ3v) is 3.65. The van der Waals surface area contributed by atoms with Crippen LogP contribution in [0.1, 0.15) is 34.6 Å². The molecule has 1 fully saturated rings. The molecular weight excluding hydrogens is 195 g/mol. The van der Waals surface area contributed by atoms with Crippen LogP contribution in [0.25, 0.3) is 0 Å². The van der Waals surface area contributed by atoms with Gasteiger partial charge < -0.3 is 14.2 Å². The third kappa shape index (κ3) is 2.66. The van der Waals surface area contributed by atoms with Crippen molar-refractivity contribution in [3.63, 3.8) is 0 Å². The van der Waals surface area contributed by atoms with Gasteiger partial charge in [-0.05, 0) is 32.3 Å². The molecule has 0 spiro atoms. The van der Waals surface area contributed by atoms with Crippen LogP contribution in [0.2, 0.25) is 12.6 Å². The summed E-state index contributed by atoms with van der Waals surface area (Å²) in [5.41, 5.74) is 0. The lowest BCUT2D eigenvalue weighted by Gasteiger charge is -2.49. The van der Waals surface area contributed by atoms with Crippen molar-refractivity contribution < 1.29 is 0 Å². The molecule has 1 aliphatic rings. The van der Waals surface area contributed by atoms with Gasteiger partial charge in [0, 0.05) is 0 Å². The van der Waals surface area contributed by atoms with E-state index in [1.54, 1.807) is 0 Å². The molecule has 1 heterocycles. The highest BCUT2D eigenvalue weighted by molar-refractivity contribution is 6.80. The summed E-state index contributed by atoms with van der Waals surface area (Å²) in [7, 11) is 2.34. The lowest BCUT2D eigenvalue weighted by Crippen LogP contribution is -2.72. The molecule has 0 aromatic rings. The minimum absolute atomic E-state index is 0.586. The molecule has 0 aliphatic carbocycles. The Labute approximate surface area is 103 Å². The molecule has 3 nitrogen and oxygen atoms in total. The Hall–Kier alpha value is 0.0748. The fraction of sp³-hybridized carbons (Fsp3) is 1.00. The van der Waals surface area contributed by atoms with Crippen molar-refractivity contribution in [2.45, 2.75) is 47.3 Å². The van der Waals surface area contributed by atoms with Gasteiger partial charge in [-0.3, -0.25) is 0 Å². The summed E-state index contributed by atoms with van der Waals surface area (Å²) in [6.07, 6.45) is 2.40. The second kappa shape index (κ2) is 6.72. The molecule has 0 unspecified atom stereocenters. The zero-order valence-corrected chi connectivity index (χ0v) is 11.6. The Morgan fingerprint density at radius 3 is 1.44 bits per heavy atom. The van der Waals surface area contributed by atoms with Gasteiger partial charge in [0.05, 0.1) is 0 Å². The molecule has 6 heteroatoms. The molecule has 0 aromatic heterocycles. The van der Waals surface area contributed by atoms with Crippen molar-refractivity contribution in [1.29, 1.82) is 0 Å². The Morgan fingerprint density at radius 2 is 1.19 bits per heavy atom.